The van der Waals surface area contributed by atoms with Crippen molar-refractivity contribution in [1.82, 2.24) is 15.0 Å². The first-order valence-electron chi connectivity index (χ1n) is 6.71. The Kier molecular flexibility index (Phi) is 3.33. The molecule has 1 saturated heterocycles. The van der Waals surface area contributed by atoms with Crippen LogP contribution in [0.4, 0.5) is 0 Å². The highest BCUT2D eigenvalue weighted by Gasteiger charge is 2.36. The summed E-state index contributed by atoms with van der Waals surface area (Å²) >= 11 is 1.76. The Morgan fingerprint density at radius 3 is 2.75 bits per heavy atom. The lowest BCUT2D eigenvalue weighted by Crippen LogP contribution is -2.43. The van der Waals surface area contributed by atoms with E-state index in [1.165, 1.54) is 16.1 Å². The van der Waals surface area contributed by atoms with Crippen LogP contribution in [0, 0.1) is 6.92 Å². The number of likely N-dealkylation sites (tertiary alicyclic amines) is 1. The lowest BCUT2D eigenvalue weighted by molar-refractivity contribution is 0.0634. The second kappa shape index (κ2) is 5.01. The van der Waals surface area contributed by atoms with Gasteiger partial charge in [-0.15, -0.1) is 11.3 Å². The van der Waals surface area contributed by atoms with Crippen LogP contribution in [0.25, 0.3) is 0 Å². The number of piperidine rings is 1. The fraction of sp³-hybridized carbons (Fsp3) is 0.500. The van der Waals surface area contributed by atoms with Crippen LogP contribution in [0.1, 0.15) is 40.2 Å². The van der Waals surface area contributed by atoms with Gasteiger partial charge in [0.25, 0.3) is 5.91 Å². The minimum Gasteiger partial charge on any atom is -0.351 e. The lowest BCUT2D eigenvalue weighted by atomic mass is 9.81. The highest BCUT2D eigenvalue weighted by Crippen LogP contribution is 2.37. The van der Waals surface area contributed by atoms with Gasteiger partial charge in [0.2, 0.25) is 5.76 Å². The zero-order valence-electron chi connectivity index (χ0n) is 11.6. The van der Waals surface area contributed by atoms with Gasteiger partial charge in [-0.3, -0.25) is 4.79 Å². The summed E-state index contributed by atoms with van der Waals surface area (Å²) in [5.41, 5.74) is 0.0805. The molecular formula is C14H17N3O2S. The quantitative estimate of drug-likeness (QED) is 0.853. The summed E-state index contributed by atoms with van der Waals surface area (Å²) in [6, 6.07) is 1.61. The molecule has 20 heavy (non-hydrogen) atoms. The van der Waals surface area contributed by atoms with Crippen LogP contribution in [0.5, 0.6) is 0 Å². The highest BCUT2D eigenvalue weighted by atomic mass is 32.1. The molecule has 5 nitrogen and oxygen atoms in total. The first-order chi connectivity index (χ1) is 9.58. The van der Waals surface area contributed by atoms with E-state index in [4.69, 9.17) is 4.52 Å². The Labute approximate surface area is 121 Å². The molecule has 0 radical (unpaired) electrons. The third-order valence-electron chi connectivity index (χ3n) is 3.94. The van der Waals surface area contributed by atoms with E-state index < -0.39 is 0 Å². The molecule has 0 atom stereocenters. The maximum atomic E-state index is 12.2. The molecule has 0 aliphatic carbocycles. The van der Waals surface area contributed by atoms with Crippen molar-refractivity contribution >= 4 is 17.2 Å². The van der Waals surface area contributed by atoms with Gasteiger partial charge >= 0.3 is 0 Å². The van der Waals surface area contributed by atoms with Gasteiger partial charge in [0.1, 0.15) is 0 Å². The van der Waals surface area contributed by atoms with Crippen molar-refractivity contribution in [3.05, 3.63) is 34.1 Å². The molecule has 1 amide bonds. The number of amides is 1. The van der Waals surface area contributed by atoms with E-state index >= 15 is 0 Å². The Bertz CT molecular complexity index is 598. The number of nitrogens with zero attached hydrogens (tertiary/aromatic N) is 3. The van der Waals surface area contributed by atoms with E-state index in [2.05, 4.69) is 24.0 Å². The van der Waals surface area contributed by atoms with Crippen LogP contribution in [-0.4, -0.2) is 34.0 Å². The number of thiazole rings is 1. The molecular weight excluding hydrogens is 274 g/mol. The van der Waals surface area contributed by atoms with Crippen molar-refractivity contribution in [2.45, 2.75) is 32.1 Å². The lowest BCUT2D eigenvalue weighted by Gasteiger charge is -2.37. The summed E-state index contributed by atoms with van der Waals surface area (Å²) in [4.78, 5) is 19.8. The molecule has 0 aromatic carbocycles. The predicted octanol–water partition coefficient (Wildman–Crippen LogP) is 2.63. The number of carbonyl (C=O) groups is 1. The van der Waals surface area contributed by atoms with Crippen molar-refractivity contribution in [2.75, 3.05) is 13.1 Å². The summed E-state index contributed by atoms with van der Waals surface area (Å²) in [7, 11) is 0. The van der Waals surface area contributed by atoms with Crippen molar-refractivity contribution < 1.29 is 9.32 Å². The molecule has 0 bridgehead atoms. The van der Waals surface area contributed by atoms with Gasteiger partial charge in [-0.05, 0) is 19.8 Å². The second-order valence-electron chi connectivity index (χ2n) is 5.51. The van der Waals surface area contributed by atoms with Crippen LogP contribution >= 0.6 is 11.3 Å². The van der Waals surface area contributed by atoms with Crippen LogP contribution in [0.3, 0.4) is 0 Å². The van der Waals surface area contributed by atoms with Gasteiger partial charge < -0.3 is 9.42 Å². The van der Waals surface area contributed by atoms with Gasteiger partial charge in [0, 0.05) is 35.6 Å². The average Bonchev–Trinajstić information content (AvgIpc) is 3.10. The molecule has 0 N–H and O–H groups in total. The first-order valence-corrected chi connectivity index (χ1v) is 7.53. The monoisotopic (exact) mass is 291 g/mol. The zero-order valence-corrected chi connectivity index (χ0v) is 12.4. The first kappa shape index (κ1) is 13.3. The van der Waals surface area contributed by atoms with E-state index in [0.29, 0.717) is 5.76 Å². The molecule has 0 spiro atoms. The molecule has 3 heterocycles. The summed E-state index contributed by atoms with van der Waals surface area (Å²) in [5, 5.41) is 4.77. The summed E-state index contributed by atoms with van der Waals surface area (Å²) in [6.45, 7) is 5.78. The molecule has 1 fully saturated rings. The van der Waals surface area contributed by atoms with Gasteiger partial charge in [0.15, 0.2) is 0 Å². The molecule has 2 aromatic heterocycles. The average molecular weight is 291 g/mol. The minimum atomic E-state index is -0.0696. The van der Waals surface area contributed by atoms with Gasteiger partial charge in [0.05, 0.1) is 11.2 Å². The van der Waals surface area contributed by atoms with Crippen LogP contribution < -0.4 is 0 Å². The Morgan fingerprint density at radius 1 is 1.45 bits per heavy atom. The summed E-state index contributed by atoms with van der Waals surface area (Å²) in [5.74, 6) is 0.249. The van der Waals surface area contributed by atoms with Crippen LogP contribution in [-0.2, 0) is 5.41 Å². The Balaban J connectivity index is 1.69. The number of carbonyl (C=O) groups excluding carboxylic acids is 1. The van der Waals surface area contributed by atoms with Crippen molar-refractivity contribution in [3.8, 4) is 0 Å². The van der Waals surface area contributed by atoms with Gasteiger partial charge in [-0.25, -0.2) is 4.98 Å². The fourth-order valence-electron chi connectivity index (χ4n) is 2.53. The smallest absolute Gasteiger partial charge is 0.292 e. The minimum absolute atomic E-state index is 0.0696. The Hall–Kier alpha value is -1.69. The maximum Gasteiger partial charge on any atom is 0.292 e. The number of rotatable bonds is 2. The van der Waals surface area contributed by atoms with Gasteiger partial charge in [-0.1, -0.05) is 12.1 Å². The van der Waals surface area contributed by atoms with E-state index in [-0.39, 0.29) is 11.3 Å². The topological polar surface area (TPSA) is 59.2 Å². The molecule has 2 aromatic rings. The van der Waals surface area contributed by atoms with E-state index in [1.54, 1.807) is 17.4 Å². The molecule has 1 aliphatic heterocycles. The maximum absolute atomic E-state index is 12.2. The molecule has 1 aliphatic rings. The molecule has 0 saturated carbocycles. The normalized spacial score (nSPS) is 18.2. The van der Waals surface area contributed by atoms with Gasteiger partial charge in [-0.2, -0.15) is 0 Å². The van der Waals surface area contributed by atoms with Crippen LogP contribution in [0.15, 0.2) is 23.0 Å². The fourth-order valence-corrected chi connectivity index (χ4v) is 3.50. The van der Waals surface area contributed by atoms with E-state index in [9.17, 15) is 4.79 Å². The third kappa shape index (κ3) is 2.35. The largest absolute Gasteiger partial charge is 0.351 e. The highest BCUT2D eigenvalue weighted by molar-refractivity contribution is 7.11. The number of hydrogen-bond donors (Lipinski definition) is 0. The third-order valence-corrected chi connectivity index (χ3v) is 5.16. The predicted molar refractivity (Wildman–Crippen MR) is 75.8 cm³/mol. The van der Waals surface area contributed by atoms with Crippen LogP contribution in [0.2, 0.25) is 0 Å². The zero-order chi connectivity index (χ0) is 14.2. The second-order valence-corrected chi connectivity index (χ2v) is 6.74. The van der Waals surface area contributed by atoms with E-state index in [0.717, 1.165) is 25.9 Å². The van der Waals surface area contributed by atoms with Crippen molar-refractivity contribution in [1.29, 1.82) is 0 Å². The van der Waals surface area contributed by atoms with Crippen molar-refractivity contribution in [2.24, 2.45) is 0 Å². The molecule has 0 unspecified atom stereocenters. The van der Waals surface area contributed by atoms with Crippen molar-refractivity contribution in [3.63, 3.8) is 0 Å². The number of aryl methyl sites for hydroxylation is 1. The summed E-state index contributed by atoms with van der Waals surface area (Å²) in [6.07, 6.45) is 5.29. The molecule has 3 rings (SSSR count). The SMILES string of the molecule is Cc1cnc(C2(C)CCN(C(=O)c3ccno3)CC2)s1. The number of aromatic nitrogens is 2. The van der Waals surface area contributed by atoms with E-state index in [1.807, 2.05) is 11.1 Å². The molecule has 106 valence electrons. The Morgan fingerprint density at radius 2 is 2.20 bits per heavy atom. The number of hydrogen-bond acceptors (Lipinski definition) is 5. The summed E-state index contributed by atoms with van der Waals surface area (Å²) < 4.78 is 4.94. The molecule has 6 heteroatoms. The standard InChI is InChI=1S/C14H17N3O2S/c1-10-9-15-13(20-10)14(2)4-7-17(8-5-14)12(18)11-3-6-16-19-11/h3,6,9H,4-5,7-8H2,1-2H3.